The summed E-state index contributed by atoms with van der Waals surface area (Å²) in [5, 5.41) is 21.5. The van der Waals surface area contributed by atoms with E-state index in [0.29, 0.717) is 11.3 Å². The molecule has 176 valence electrons. The fourth-order valence-electron chi connectivity index (χ4n) is 4.09. The first-order chi connectivity index (χ1) is 16.5. The summed E-state index contributed by atoms with van der Waals surface area (Å²) in [6, 6.07) is 8.40. The van der Waals surface area contributed by atoms with Crippen LogP contribution < -0.4 is 5.32 Å². The third-order valence-corrected chi connectivity index (χ3v) is 6.21. The summed E-state index contributed by atoms with van der Waals surface area (Å²) in [5.74, 6) is -2.36. The number of esters is 1. The third kappa shape index (κ3) is 4.37. The zero-order chi connectivity index (χ0) is 24.2. The van der Waals surface area contributed by atoms with Crippen molar-refractivity contribution in [2.75, 3.05) is 25.0 Å². The predicted molar refractivity (Wildman–Crippen MR) is 128 cm³/mol. The van der Waals surface area contributed by atoms with Crippen molar-refractivity contribution in [3.63, 3.8) is 0 Å². The lowest BCUT2D eigenvalue weighted by atomic mass is 9.95. The van der Waals surface area contributed by atoms with Gasteiger partial charge in [0.15, 0.2) is 0 Å². The number of aromatic nitrogens is 1. The Labute approximate surface area is 200 Å². The summed E-state index contributed by atoms with van der Waals surface area (Å²) in [6.45, 7) is 3.59. The standard InChI is InChI=1S/C24H24N4O5S/c1-3-27-23(30)21(26-18-12-25-11-15-7-5-6-8-17(15)18)20(24(31)32)22(16-9-10-34-14-16)28(27)13-19(29)33-4-2/h5-12,14,22,26H,3-4,13H2,1-2H3,(H,31,32). The zero-order valence-electron chi connectivity index (χ0n) is 18.7. The molecule has 10 heteroatoms. The van der Waals surface area contributed by atoms with Gasteiger partial charge in [0, 0.05) is 23.5 Å². The maximum absolute atomic E-state index is 13.6. The number of carbonyl (C=O) groups is 3. The van der Waals surface area contributed by atoms with E-state index in [9.17, 15) is 19.5 Å². The van der Waals surface area contributed by atoms with Crippen molar-refractivity contribution in [1.82, 2.24) is 15.0 Å². The number of hydrazine groups is 1. The van der Waals surface area contributed by atoms with Crippen molar-refractivity contribution in [1.29, 1.82) is 0 Å². The van der Waals surface area contributed by atoms with Crippen LogP contribution in [-0.4, -0.2) is 57.7 Å². The van der Waals surface area contributed by atoms with E-state index in [4.69, 9.17) is 4.74 Å². The summed E-state index contributed by atoms with van der Waals surface area (Å²) in [7, 11) is 0. The van der Waals surface area contributed by atoms with Gasteiger partial charge >= 0.3 is 11.9 Å². The van der Waals surface area contributed by atoms with E-state index >= 15 is 0 Å². The van der Waals surface area contributed by atoms with Crippen LogP contribution in [0, 0.1) is 0 Å². The number of fused-ring (bicyclic) bond motifs is 1. The number of amides is 1. The van der Waals surface area contributed by atoms with Crippen molar-refractivity contribution in [2.24, 2.45) is 0 Å². The lowest BCUT2D eigenvalue weighted by molar-refractivity contribution is -0.164. The second-order valence-electron chi connectivity index (χ2n) is 7.51. The summed E-state index contributed by atoms with van der Waals surface area (Å²) in [4.78, 5) is 42.8. The molecule has 0 fully saturated rings. The largest absolute Gasteiger partial charge is 0.478 e. The Morgan fingerprint density at radius 3 is 2.68 bits per heavy atom. The molecule has 0 radical (unpaired) electrons. The number of nitrogens with zero attached hydrogens (tertiary/aromatic N) is 3. The number of rotatable bonds is 8. The molecule has 0 bridgehead atoms. The van der Waals surface area contributed by atoms with E-state index in [0.717, 1.165) is 10.8 Å². The van der Waals surface area contributed by atoms with Gasteiger partial charge in [-0.3, -0.25) is 19.6 Å². The number of aliphatic carboxylic acids is 1. The zero-order valence-corrected chi connectivity index (χ0v) is 19.5. The predicted octanol–water partition coefficient (Wildman–Crippen LogP) is 3.43. The molecule has 9 nitrogen and oxygen atoms in total. The quantitative estimate of drug-likeness (QED) is 0.472. The smallest absolute Gasteiger partial charge is 0.335 e. The number of anilines is 1. The van der Waals surface area contributed by atoms with Crippen molar-refractivity contribution < 1.29 is 24.2 Å². The second-order valence-corrected chi connectivity index (χ2v) is 8.29. The molecular formula is C24H24N4O5S. The van der Waals surface area contributed by atoms with Gasteiger partial charge in [0.1, 0.15) is 12.2 Å². The lowest BCUT2D eigenvalue weighted by Gasteiger charge is -2.43. The van der Waals surface area contributed by atoms with Crippen LogP contribution >= 0.6 is 11.3 Å². The van der Waals surface area contributed by atoms with Gasteiger partial charge in [-0.2, -0.15) is 16.3 Å². The first-order valence-corrected chi connectivity index (χ1v) is 11.7. The number of pyridine rings is 1. The number of ether oxygens (including phenoxy) is 1. The summed E-state index contributed by atoms with van der Waals surface area (Å²) in [6.07, 6.45) is 3.26. The molecule has 1 aromatic carbocycles. The van der Waals surface area contributed by atoms with Gasteiger partial charge in [-0.1, -0.05) is 24.3 Å². The van der Waals surface area contributed by atoms with Crippen LogP contribution in [0.1, 0.15) is 25.5 Å². The minimum Gasteiger partial charge on any atom is -0.478 e. The molecular weight excluding hydrogens is 456 g/mol. The molecule has 2 aromatic heterocycles. The first-order valence-electron chi connectivity index (χ1n) is 10.8. The van der Waals surface area contributed by atoms with E-state index in [1.165, 1.54) is 21.4 Å². The van der Waals surface area contributed by atoms with Crippen molar-refractivity contribution in [2.45, 2.75) is 19.9 Å². The Kier molecular flexibility index (Phi) is 6.90. The molecule has 1 amide bonds. The molecule has 0 spiro atoms. The highest BCUT2D eigenvalue weighted by molar-refractivity contribution is 7.08. The Morgan fingerprint density at radius 1 is 1.21 bits per heavy atom. The van der Waals surface area contributed by atoms with Crippen LogP contribution in [0.5, 0.6) is 0 Å². The van der Waals surface area contributed by atoms with Crippen molar-refractivity contribution >= 4 is 45.6 Å². The molecule has 4 rings (SSSR count). The van der Waals surface area contributed by atoms with E-state index in [-0.39, 0.29) is 31.0 Å². The number of thiophene rings is 1. The van der Waals surface area contributed by atoms with Gasteiger partial charge in [-0.25, -0.2) is 4.79 Å². The van der Waals surface area contributed by atoms with E-state index in [1.54, 1.807) is 32.3 Å². The van der Waals surface area contributed by atoms with Crippen LogP contribution in [0.2, 0.25) is 0 Å². The van der Waals surface area contributed by atoms with E-state index < -0.39 is 23.9 Å². The van der Waals surface area contributed by atoms with E-state index in [1.807, 2.05) is 35.0 Å². The number of hydrogen-bond donors (Lipinski definition) is 2. The van der Waals surface area contributed by atoms with Gasteiger partial charge in [0.2, 0.25) is 0 Å². The molecule has 34 heavy (non-hydrogen) atoms. The highest BCUT2D eigenvalue weighted by Crippen LogP contribution is 2.38. The van der Waals surface area contributed by atoms with Crippen LogP contribution in [0.4, 0.5) is 5.69 Å². The average molecular weight is 481 g/mol. The molecule has 1 unspecified atom stereocenters. The minimum absolute atomic E-state index is 0.0659. The molecule has 0 aliphatic carbocycles. The first kappa shape index (κ1) is 23.4. The van der Waals surface area contributed by atoms with Crippen LogP contribution in [-0.2, 0) is 19.1 Å². The van der Waals surface area contributed by atoms with Gasteiger partial charge in [-0.15, -0.1) is 0 Å². The Balaban J connectivity index is 1.89. The maximum atomic E-state index is 13.6. The monoisotopic (exact) mass is 480 g/mol. The highest BCUT2D eigenvalue weighted by Gasteiger charge is 2.44. The van der Waals surface area contributed by atoms with Gasteiger partial charge < -0.3 is 15.2 Å². The number of nitrogens with one attached hydrogen (secondary N) is 1. The van der Waals surface area contributed by atoms with Gasteiger partial charge in [0.25, 0.3) is 5.91 Å². The molecule has 3 heterocycles. The average Bonchev–Trinajstić information content (AvgIpc) is 3.35. The molecule has 2 N–H and O–H groups in total. The Bertz CT molecular complexity index is 1250. The normalized spacial score (nSPS) is 16.7. The number of carboxylic acids is 1. The van der Waals surface area contributed by atoms with E-state index in [2.05, 4.69) is 10.3 Å². The van der Waals surface area contributed by atoms with Crippen LogP contribution in [0.25, 0.3) is 10.8 Å². The minimum atomic E-state index is -1.26. The summed E-state index contributed by atoms with van der Waals surface area (Å²) in [5.41, 5.74) is 0.960. The second kappa shape index (κ2) is 10.0. The highest BCUT2D eigenvalue weighted by atomic mass is 32.1. The summed E-state index contributed by atoms with van der Waals surface area (Å²) >= 11 is 1.40. The van der Waals surface area contributed by atoms with Crippen molar-refractivity contribution in [3.05, 3.63) is 70.3 Å². The van der Waals surface area contributed by atoms with Crippen LogP contribution in [0.3, 0.4) is 0 Å². The molecule has 0 saturated carbocycles. The van der Waals surface area contributed by atoms with Crippen molar-refractivity contribution in [3.8, 4) is 0 Å². The number of likely N-dealkylation sites (N-methyl/N-ethyl adjacent to an activating group) is 1. The SMILES string of the molecule is CCOC(=O)CN1C(c2ccsc2)C(C(=O)O)=C(Nc2cncc3ccccc23)C(=O)N1CC. The number of carbonyl (C=O) groups excluding carboxylic acids is 2. The fourth-order valence-corrected chi connectivity index (χ4v) is 4.77. The fraction of sp³-hybridized carbons (Fsp3) is 0.250. The topological polar surface area (TPSA) is 112 Å². The number of benzene rings is 1. The van der Waals surface area contributed by atoms with Crippen LogP contribution in [0.15, 0.2) is 64.8 Å². The number of hydrogen-bond acceptors (Lipinski definition) is 8. The van der Waals surface area contributed by atoms with Gasteiger partial charge in [-0.05, 0) is 36.2 Å². The Morgan fingerprint density at radius 2 is 2.00 bits per heavy atom. The molecule has 3 aromatic rings. The number of carboxylic acid groups (broad SMARTS) is 1. The molecule has 1 aliphatic rings. The molecule has 1 aliphatic heterocycles. The van der Waals surface area contributed by atoms with Gasteiger partial charge in [0.05, 0.1) is 30.1 Å². The summed E-state index contributed by atoms with van der Waals surface area (Å²) < 4.78 is 5.10. The maximum Gasteiger partial charge on any atom is 0.335 e. The third-order valence-electron chi connectivity index (χ3n) is 5.51. The lowest BCUT2D eigenvalue weighted by Crippen LogP contribution is -2.56. The Hall–Kier alpha value is -3.76. The molecule has 1 atom stereocenters. The molecule has 0 saturated heterocycles.